The number of fused-ring (bicyclic) bond motifs is 1. The lowest BCUT2D eigenvalue weighted by molar-refractivity contribution is -0.130. The number of hydrogen-bond donors (Lipinski definition) is 0. The summed E-state index contributed by atoms with van der Waals surface area (Å²) < 4.78 is 1.71. The molecule has 2 aliphatic heterocycles. The Kier molecular flexibility index (Phi) is 5.54. The van der Waals surface area contributed by atoms with Crippen LogP contribution in [0, 0.1) is 0 Å². The Morgan fingerprint density at radius 1 is 1.18 bits per heavy atom. The number of benzene rings is 1. The fourth-order valence-electron chi connectivity index (χ4n) is 4.68. The zero-order valence-electron chi connectivity index (χ0n) is 18.6. The summed E-state index contributed by atoms with van der Waals surface area (Å²) in [7, 11) is 0. The molecule has 0 radical (unpaired) electrons. The van der Waals surface area contributed by atoms with Crippen LogP contribution in [0.3, 0.4) is 0 Å². The van der Waals surface area contributed by atoms with Crippen molar-refractivity contribution in [2.75, 3.05) is 29.4 Å². The minimum atomic E-state index is -0.131. The molecule has 8 nitrogen and oxygen atoms in total. The monoisotopic (exact) mass is 464 g/mol. The van der Waals surface area contributed by atoms with Crippen molar-refractivity contribution in [1.82, 2.24) is 19.7 Å². The Bertz CT molecular complexity index is 1190. The van der Waals surface area contributed by atoms with E-state index in [9.17, 15) is 9.59 Å². The van der Waals surface area contributed by atoms with E-state index in [0.717, 1.165) is 42.3 Å². The number of halogens is 1. The molecule has 0 spiro atoms. The van der Waals surface area contributed by atoms with Gasteiger partial charge >= 0.3 is 0 Å². The highest BCUT2D eigenvalue weighted by molar-refractivity contribution is 6.30. The van der Waals surface area contributed by atoms with Gasteiger partial charge in [-0.15, -0.1) is 0 Å². The molecule has 3 aromatic rings. The topological polar surface area (TPSA) is 74.6 Å². The predicted octanol–water partition coefficient (Wildman–Crippen LogP) is 3.53. The van der Waals surface area contributed by atoms with Gasteiger partial charge < -0.3 is 14.7 Å². The normalized spacial score (nSPS) is 17.5. The van der Waals surface area contributed by atoms with Crippen molar-refractivity contribution in [3.63, 3.8) is 0 Å². The maximum Gasteiger partial charge on any atom is 0.279 e. The zero-order valence-corrected chi connectivity index (χ0v) is 19.4. The molecular formula is C24H25ClN6O2. The van der Waals surface area contributed by atoms with E-state index in [1.807, 2.05) is 42.3 Å². The van der Waals surface area contributed by atoms with Crippen molar-refractivity contribution < 1.29 is 9.59 Å². The Morgan fingerprint density at radius 3 is 2.58 bits per heavy atom. The smallest absolute Gasteiger partial charge is 0.279 e. The number of likely N-dealkylation sites (N-methyl/N-ethyl adjacent to an activating group) is 1. The van der Waals surface area contributed by atoms with E-state index in [0.29, 0.717) is 23.8 Å². The second-order valence-corrected chi connectivity index (χ2v) is 8.82. The van der Waals surface area contributed by atoms with Crippen LogP contribution < -0.4 is 9.80 Å². The van der Waals surface area contributed by atoms with Crippen molar-refractivity contribution in [3.05, 3.63) is 65.1 Å². The van der Waals surface area contributed by atoms with Crippen LogP contribution in [0.15, 0.2) is 48.8 Å². The number of aromatic nitrogens is 3. The van der Waals surface area contributed by atoms with Gasteiger partial charge in [-0.25, -0.2) is 9.67 Å². The molecule has 0 saturated carbocycles. The van der Waals surface area contributed by atoms with Crippen LogP contribution in [0.5, 0.6) is 0 Å². The molecule has 1 unspecified atom stereocenters. The largest absolute Gasteiger partial charge is 0.354 e. The predicted molar refractivity (Wildman–Crippen MR) is 127 cm³/mol. The molecule has 0 N–H and O–H groups in total. The molecule has 5 rings (SSSR count). The Labute approximate surface area is 197 Å². The van der Waals surface area contributed by atoms with Crippen molar-refractivity contribution >= 4 is 34.9 Å². The molecule has 4 heterocycles. The molecule has 0 bridgehead atoms. The molecule has 2 aliphatic rings. The van der Waals surface area contributed by atoms with Gasteiger partial charge in [-0.05, 0) is 49.7 Å². The number of carbonyl (C=O) groups excluding carboxylic acids is 2. The van der Waals surface area contributed by atoms with Crippen LogP contribution in [-0.4, -0.2) is 57.2 Å². The first-order valence-corrected chi connectivity index (χ1v) is 11.5. The van der Waals surface area contributed by atoms with Crippen LogP contribution in [0.25, 0.3) is 5.69 Å². The van der Waals surface area contributed by atoms with Crippen molar-refractivity contribution in [2.24, 2.45) is 0 Å². The van der Waals surface area contributed by atoms with Gasteiger partial charge in [0.2, 0.25) is 5.91 Å². The summed E-state index contributed by atoms with van der Waals surface area (Å²) in [6.45, 7) is 6.43. The number of rotatable bonds is 5. The molecule has 9 heteroatoms. The standard InChI is InChI=1S/C24H25ClN6O2/c1-3-29(16(2)32)21-10-11-28(15-21)22-9-8-20(12-26-22)30-13-17-14-31(27-23(17)24(30)33)19-6-4-18(25)5-7-19/h4-9,12,14,21H,3,10-11,13,15H2,1-2H3. The van der Waals surface area contributed by atoms with Crippen molar-refractivity contribution in [2.45, 2.75) is 32.9 Å². The van der Waals surface area contributed by atoms with Gasteiger partial charge in [-0.3, -0.25) is 9.59 Å². The van der Waals surface area contributed by atoms with Crippen LogP contribution in [0.1, 0.15) is 36.3 Å². The maximum atomic E-state index is 13.0. The average Bonchev–Trinajstić information content (AvgIpc) is 3.52. The molecular weight excluding hydrogens is 440 g/mol. The molecule has 1 fully saturated rings. The molecule has 170 valence electrons. The fraction of sp³-hybridized carbons (Fsp3) is 0.333. The van der Waals surface area contributed by atoms with E-state index in [1.165, 1.54) is 0 Å². The third kappa shape index (κ3) is 3.95. The molecule has 1 aromatic carbocycles. The summed E-state index contributed by atoms with van der Waals surface area (Å²) in [5.74, 6) is 0.837. The number of anilines is 2. The third-order valence-electron chi connectivity index (χ3n) is 6.37. The summed E-state index contributed by atoms with van der Waals surface area (Å²) in [6.07, 6.45) is 4.55. The van der Waals surface area contributed by atoms with Gasteiger partial charge in [0.1, 0.15) is 5.82 Å². The average molecular weight is 465 g/mol. The minimum absolute atomic E-state index is 0.109. The van der Waals surface area contributed by atoms with Gasteiger partial charge in [-0.2, -0.15) is 5.10 Å². The second-order valence-electron chi connectivity index (χ2n) is 8.38. The summed E-state index contributed by atoms with van der Waals surface area (Å²) >= 11 is 5.96. The number of carbonyl (C=O) groups is 2. The van der Waals surface area contributed by atoms with E-state index < -0.39 is 0 Å². The third-order valence-corrected chi connectivity index (χ3v) is 6.63. The first kappa shape index (κ1) is 21.5. The van der Waals surface area contributed by atoms with Gasteiger partial charge in [-0.1, -0.05) is 11.6 Å². The zero-order chi connectivity index (χ0) is 23.1. The molecule has 1 atom stereocenters. The Balaban J connectivity index is 1.28. The molecule has 2 amide bonds. The fourth-order valence-corrected chi connectivity index (χ4v) is 4.80. The van der Waals surface area contributed by atoms with Crippen LogP contribution in [-0.2, 0) is 11.3 Å². The SMILES string of the molecule is CCN(C(C)=O)C1CCN(c2ccc(N3Cc4cn(-c5ccc(Cl)cc5)nc4C3=O)cn2)C1. The van der Waals surface area contributed by atoms with Gasteiger partial charge in [0, 0.05) is 43.3 Å². The van der Waals surface area contributed by atoms with Crippen LogP contribution >= 0.6 is 11.6 Å². The van der Waals surface area contributed by atoms with Gasteiger partial charge in [0.15, 0.2) is 5.69 Å². The molecule has 33 heavy (non-hydrogen) atoms. The Morgan fingerprint density at radius 2 is 1.94 bits per heavy atom. The van der Waals surface area contributed by atoms with Crippen LogP contribution in [0.2, 0.25) is 5.02 Å². The lowest BCUT2D eigenvalue weighted by atomic mass is 10.2. The van der Waals surface area contributed by atoms with E-state index in [-0.39, 0.29) is 17.9 Å². The molecule has 0 aliphatic carbocycles. The molecule has 1 saturated heterocycles. The Hall–Kier alpha value is -3.39. The number of hydrogen-bond acceptors (Lipinski definition) is 5. The van der Waals surface area contributed by atoms with E-state index >= 15 is 0 Å². The van der Waals surface area contributed by atoms with E-state index in [4.69, 9.17) is 11.6 Å². The van der Waals surface area contributed by atoms with E-state index in [1.54, 1.807) is 34.8 Å². The summed E-state index contributed by atoms with van der Waals surface area (Å²) in [5.41, 5.74) is 2.94. The van der Waals surface area contributed by atoms with Gasteiger partial charge in [0.25, 0.3) is 5.91 Å². The highest BCUT2D eigenvalue weighted by Crippen LogP contribution is 2.30. The summed E-state index contributed by atoms with van der Waals surface area (Å²) in [6, 6.07) is 11.4. The lowest BCUT2D eigenvalue weighted by Gasteiger charge is -2.27. The van der Waals surface area contributed by atoms with Gasteiger partial charge in [0.05, 0.1) is 30.2 Å². The summed E-state index contributed by atoms with van der Waals surface area (Å²) in [5, 5.41) is 5.15. The molecule has 2 aromatic heterocycles. The first-order valence-electron chi connectivity index (χ1n) is 11.1. The minimum Gasteiger partial charge on any atom is -0.354 e. The van der Waals surface area contributed by atoms with E-state index in [2.05, 4.69) is 15.0 Å². The highest BCUT2D eigenvalue weighted by Gasteiger charge is 2.33. The number of nitrogens with zero attached hydrogens (tertiary/aromatic N) is 6. The van der Waals surface area contributed by atoms with Crippen molar-refractivity contribution in [3.8, 4) is 5.69 Å². The summed E-state index contributed by atoms with van der Waals surface area (Å²) in [4.78, 5) is 35.3. The van der Waals surface area contributed by atoms with Crippen LogP contribution in [0.4, 0.5) is 11.5 Å². The maximum absolute atomic E-state index is 13.0. The number of amides is 2. The first-order chi connectivity index (χ1) is 15.9. The number of pyridine rings is 1. The van der Waals surface area contributed by atoms with Crippen molar-refractivity contribution in [1.29, 1.82) is 0 Å². The second kappa shape index (κ2) is 8.51. The lowest BCUT2D eigenvalue weighted by Crippen LogP contribution is -2.40. The quantitative estimate of drug-likeness (QED) is 0.577. The highest BCUT2D eigenvalue weighted by atomic mass is 35.5.